The molecule has 2 heterocycles. The number of nitrogens with zero attached hydrogens (tertiary/aromatic N) is 6. The molecule has 0 bridgehead atoms. The number of piperazine rings is 1. The molecule has 1 aromatic heterocycles. The van der Waals surface area contributed by atoms with Gasteiger partial charge >= 0.3 is 6.03 Å². The zero-order valence-electron chi connectivity index (χ0n) is 16.8. The molecule has 0 aliphatic carbocycles. The smallest absolute Gasteiger partial charge is 0.317 e. The summed E-state index contributed by atoms with van der Waals surface area (Å²) in [5.41, 5.74) is 0.893. The highest BCUT2D eigenvalue weighted by atomic mass is 16.5. The van der Waals surface area contributed by atoms with Crippen LogP contribution in [0, 0.1) is 0 Å². The first-order valence-corrected chi connectivity index (χ1v) is 9.84. The topological polar surface area (TPSA) is 88.4 Å². The molecule has 2 amide bonds. The summed E-state index contributed by atoms with van der Waals surface area (Å²) in [6, 6.07) is 7.92. The van der Waals surface area contributed by atoms with Gasteiger partial charge in [0.15, 0.2) is 5.82 Å². The molecule has 1 N–H and O–H groups in total. The average Bonchev–Trinajstić information content (AvgIpc) is 3.20. The number of tetrazole rings is 1. The van der Waals surface area contributed by atoms with Gasteiger partial charge in [-0.15, -0.1) is 5.10 Å². The first-order chi connectivity index (χ1) is 13.6. The van der Waals surface area contributed by atoms with E-state index in [-0.39, 0.29) is 12.1 Å². The molecule has 0 spiro atoms. The molecule has 1 aliphatic heterocycles. The predicted octanol–water partition coefficient (Wildman–Crippen LogP) is 1.69. The minimum atomic E-state index is 0.0383. The predicted molar refractivity (Wildman–Crippen MR) is 105 cm³/mol. The maximum atomic E-state index is 12.4. The van der Waals surface area contributed by atoms with Crippen LogP contribution in [0.2, 0.25) is 0 Å². The van der Waals surface area contributed by atoms with Crippen LogP contribution in [0.3, 0.4) is 0 Å². The third kappa shape index (κ3) is 4.78. The van der Waals surface area contributed by atoms with Crippen molar-refractivity contribution in [3.8, 4) is 11.4 Å². The lowest BCUT2D eigenvalue weighted by Gasteiger charge is -2.35. The molecule has 9 heteroatoms. The van der Waals surface area contributed by atoms with E-state index in [2.05, 4.69) is 39.6 Å². The molecule has 152 valence electrons. The quantitative estimate of drug-likeness (QED) is 0.778. The van der Waals surface area contributed by atoms with Crippen LogP contribution >= 0.6 is 0 Å². The molecule has 1 fully saturated rings. The molecule has 0 unspecified atom stereocenters. The SMILES string of the molecule is CCC(CC)NC(=O)N1CCN(Cc2nnnn2-c2ccc(OC)cc2)CC1. The van der Waals surface area contributed by atoms with Gasteiger partial charge in [0.25, 0.3) is 0 Å². The fourth-order valence-corrected chi connectivity index (χ4v) is 3.30. The number of nitrogens with one attached hydrogen (secondary N) is 1. The standard InChI is InChI=1S/C19H29N7O2/c1-4-15(5-2)20-19(27)25-12-10-24(11-13-25)14-18-21-22-23-26(18)16-6-8-17(28-3)9-7-16/h6-9,15H,4-5,10-14H2,1-3H3,(H,20,27). The summed E-state index contributed by atoms with van der Waals surface area (Å²) in [5.74, 6) is 1.57. The molecule has 1 aliphatic rings. The minimum absolute atomic E-state index is 0.0383. The Morgan fingerprint density at radius 2 is 1.82 bits per heavy atom. The Kier molecular flexibility index (Phi) is 6.80. The van der Waals surface area contributed by atoms with E-state index in [0.717, 1.165) is 43.2 Å². The van der Waals surface area contributed by atoms with E-state index in [1.807, 2.05) is 29.2 Å². The lowest BCUT2D eigenvalue weighted by atomic mass is 10.2. The molecular formula is C19H29N7O2. The van der Waals surface area contributed by atoms with Gasteiger partial charge in [-0.3, -0.25) is 4.90 Å². The molecule has 2 aromatic rings. The number of urea groups is 1. The number of carbonyl (C=O) groups excluding carboxylic acids is 1. The zero-order valence-corrected chi connectivity index (χ0v) is 16.8. The minimum Gasteiger partial charge on any atom is -0.497 e. The van der Waals surface area contributed by atoms with E-state index in [1.165, 1.54) is 0 Å². The van der Waals surface area contributed by atoms with Gasteiger partial charge in [-0.1, -0.05) is 13.8 Å². The highest BCUT2D eigenvalue weighted by Gasteiger charge is 2.23. The van der Waals surface area contributed by atoms with Crippen LogP contribution in [0.5, 0.6) is 5.75 Å². The number of carbonyl (C=O) groups is 1. The van der Waals surface area contributed by atoms with E-state index in [1.54, 1.807) is 11.8 Å². The Bertz CT molecular complexity index is 750. The number of benzene rings is 1. The first-order valence-electron chi connectivity index (χ1n) is 9.84. The largest absolute Gasteiger partial charge is 0.497 e. The fraction of sp³-hybridized carbons (Fsp3) is 0.579. The first kappa shape index (κ1) is 20.1. The lowest BCUT2D eigenvalue weighted by molar-refractivity contribution is 0.130. The van der Waals surface area contributed by atoms with Crippen molar-refractivity contribution in [2.75, 3.05) is 33.3 Å². The number of hydrogen-bond donors (Lipinski definition) is 1. The molecule has 9 nitrogen and oxygen atoms in total. The number of rotatable bonds is 7. The summed E-state index contributed by atoms with van der Waals surface area (Å²) in [4.78, 5) is 16.6. The van der Waals surface area contributed by atoms with Gasteiger partial charge in [0.05, 0.1) is 19.3 Å². The van der Waals surface area contributed by atoms with E-state index in [0.29, 0.717) is 19.6 Å². The van der Waals surface area contributed by atoms with Gasteiger partial charge in [0.1, 0.15) is 5.75 Å². The highest BCUT2D eigenvalue weighted by molar-refractivity contribution is 5.74. The third-order valence-corrected chi connectivity index (χ3v) is 5.19. The summed E-state index contributed by atoms with van der Waals surface area (Å²) >= 11 is 0. The molecule has 28 heavy (non-hydrogen) atoms. The average molecular weight is 387 g/mol. The monoisotopic (exact) mass is 387 g/mol. The second-order valence-corrected chi connectivity index (χ2v) is 6.93. The Morgan fingerprint density at radius 1 is 1.14 bits per heavy atom. The van der Waals surface area contributed by atoms with Gasteiger partial charge < -0.3 is 15.0 Å². The van der Waals surface area contributed by atoms with Crippen LogP contribution in [0.15, 0.2) is 24.3 Å². The maximum Gasteiger partial charge on any atom is 0.317 e. The van der Waals surface area contributed by atoms with Gasteiger partial charge in [-0.25, -0.2) is 4.79 Å². The molecule has 1 aromatic carbocycles. The molecular weight excluding hydrogens is 358 g/mol. The summed E-state index contributed by atoms with van der Waals surface area (Å²) in [6.45, 7) is 7.84. The molecule has 0 atom stereocenters. The number of methoxy groups -OCH3 is 1. The van der Waals surface area contributed by atoms with Gasteiger partial charge in [0.2, 0.25) is 0 Å². The zero-order chi connectivity index (χ0) is 19.9. The Morgan fingerprint density at radius 3 is 2.43 bits per heavy atom. The van der Waals surface area contributed by atoms with Gasteiger partial charge in [0, 0.05) is 32.2 Å². The fourth-order valence-electron chi connectivity index (χ4n) is 3.30. The van der Waals surface area contributed by atoms with Crippen molar-refractivity contribution in [1.82, 2.24) is 35.3 Å². The Hall–Kier alpha value is -2.68. The summed E-state index contributed by atoms with van der Waals surface area (Å²) < 4.78 is 6.94. The van der Waals surface area contributed by atoms with Crippen LogP contribution in [0.25, 0.3) is 5.69 Å². The number of amides is 2. The van der Waals surface area contributed by atoms with Crippen LogP contribution in [0.1, 0.15) is 32.5 Å². The second kappa shape index (κ2) is 9.50. The summed E-state index contributed by atoms with van der Waals surface area (Å²) in [7, 11) is 1.64. The number of hydrogen-bond acceptors (Lipinski definition) is 6. The Labute approximate surface area is 165 Å². The van der Waals surface area contributed by atoms with Crippen LogP contribution in [-0.4, -0.2) is 75.4 Å². The summed E-state index contributed by atoms with van der Waals surface area (Å²) in [6.07, 6.45) is 1.91. The number of ether oxygens (including phenoxy) is 1. The van der Waals surface area contributed by atoms with Crippen molar-refractivity contribution in [2.45, 2.75) is 39.3 Å². The van der Waals surface area contributed by atoms with Gasteiger partial charge in [-0.2, -0.15) is 4.68 Å². The third-order valence-electron chi connectivity index (χ3n) is 5.19. The highest BCUT2D eigenvalue weighted by Crippen LogP contribution is 2.16. The van der Waals surface area contributed by atoms with Crippen molar-refractivity contribution < 1.29 is 9.53 Å². The second-order valence-electron chi connectivity index (χ2n) is 6.93. The van der Waals surface area contributed by atoms with E-state index < -0.39 is 0 Å². The van der Waals surface area contributed by atoms with Gasteiger partial charge in [-0.05, 0) is 47.5 Å². The number of aromatic nitrogens is 4. The van der Waals surface area contributed by atoms with Crippen LogP contribution in [0.4, 0.5) is 4.79 Å². The maximum absolute atomic E-state index is 12.4. The van der Waals surface area contributed by atoms with Crippen molar-refractivity contribution >= 4 is 6.03 Å². The normalized spacial score (nSPS) is 15.1. The Balaban J connectivity index is 1.55. The molecule has 3 rings (SSSR count). The molecule has 1 saturated heterocycles. The van der Waals surface area contributed by atoms with E-state index in [4.69, 9.17) is 4.74 Å². The van der Waals surface area contributed by atoms with E-state index in [9.17, 15) is 4.79 Å². The summed E-state index contributed by atoms with van der Waals surface area (Å²) in [5, 5.41) is 15.2. The van der Waals surface area contributed by atoms with E-state index >= 15 is 0 Å². The van der Waals surface area contributed by atoms with Crippen molar-refractivity contribution in [3.05, 3.63) is 30.1 Å². The molecule has 0 saturated carbocycles. The van der Waals surface area contributed by atoms with Crippen molar-refractivity contribution in [3.63, 3.8) is 0 Å². The van der Waals surface area contributed by atoms with Crippen LogP contribution in [-0.2, 0) is 6.54 Å². The van der Waals surface area contributed by atoms with Crippen molar-refractivity contribution in [1.29, 1.82) is 0 Å². The lowest BCUT2D eigenvalue weighted by Crippen LogP contribution is -2.53. The molecule has 0 radical (unpaired) electrons. The van der Waals surface area contributed by atoms with Crippen LogP contribution < -0.4 is 10.1 Å². The van der Waals surface area contributed by atoms with Crippen molar-refractivity contribution in [2.24, 2.45) is 0 Å².